The highest BCUT2D eigenvalue weighted by Gasteiger charge is 2.95. The van der Waals surface area contributed by atoms with Gasteiger partial charge < -0.3 is 18.5 Å². The van der Waals surface area contributed by atoms with Crippen molar-refractivity contribution in [1.82, 2.24) is 0 Å². The molecule has 0 bridgehead atoms. The number of fused-ring (bicyclic) bond motifs is 8. The van der Waals surface area contributed by atoms with Crippen LogP contribution in [0.15, 0.2) is 48.5 Å². The topological polar surface area (TPSA) is 124 Å². The predicted octanol–water partition coefficient (Wildman–Crippen LogP) is 5.42. The minimum Gasteiger partial charge on any atom is -0.465 e. The molecule has 6 atom stereocenters. The fourth-order valence-electron chi connectivity index (χ4n) is 6.30. The highest BCUT2D eigenvalue weighted by molar-refractivity contribution is 7.60. The predicted molar refractivity (Wildman–Crippen MR) is 137 cm³/mol. The lowest BCUT2D eigenvalue weighted by molar-refractivity contribution is -0.164. The molecular weight excluding hydrogens is 534 g/mol. The molecule has 2 aromatic rings. The first-order valence-corrected chi connectivity index (χ1v) is 15.7. The molecule has 0 amide bonds. The van der Waals surface area contributed by atoms with E-state index in [4.69, 9.17) is 27.6 Å². The van der Waals surface area contributed by atoms with Gasteiger partial charge in [-0.25, -0.2) is 9.13 Å². The number of benzene rings is 2. The molecule has 0 radical (unpaired) electrons. The number of carbonyl (C=O) groups is 2. The second kappa shape index (κ2) is 9.53. The van der Waals surface area contributed by atoms with Crippen LogP contribution in [0, 0.1) is 0 Å². The normalized spacial score (nSPS) is 34.1. The van der Waals surface area contributed by atoms with E-state index < -0.39 is 49.3 Å². The maximum absolute atomic E-state index is 14.9. The Labute approximate surface area is 221 Å². The van der Waals surface area contributed by atoms with Crippen LogP contribution in [0.2, 0.25) is 0 Å². The lowest BCUT2D eigenvalue weighted by atomic mass is 9.50. The molecule has 12 heteroatoms. The number of hydrogen-bond acceptors (Lipinski definition) is 10. The molecule has 0 spiro atoms. The van der Waals surface area contributed by atoms with Crippen LogP contribution >= 0.6 is 15.2 Å². The molecule has 0 aromatic heterocycles. The van der Waals surface area contributed by atoms with E-state index in [-0.39, 0.29) is 37.9 Å². The van der Waals surface area contributed by atoms with Gasteiger partial charge in [0.05, 0.1) is 26.4 Å². The fourth-order valence-corrected chi connectivity index (χ4v) is 12.1. The molecule has 0 saturated heterocycles. The molecule has 2 aliphatic heterocycles. The Morgan fingerprint density at radius 3 is 1.39 bits per heavy atom. The lowest BCUT2D eigenvalue weighted by Crippen LogP contribution is -2.78. The summed E-state index contributed by atoms with van der Waals surface area (Å²) in [4.78, 5) is 28.3. The summed E-state index contributed by atoms with van der Waals surface area (Å²) in [6, 6.07) is 13.1. The zero-order chi connectivity index (χ0) is 27.3. The summed E-state index contributed by atoms with van der Waals surface area (Å²) < 4.78 is 64.7. The third kappa shape index (κ3) is 3.15. The third-order valence-electron chi connectivity index (χ3n) is 7.37. The van der Waals surface area contributed by atoms with Crippen molar-refractivity contribution in [2.75, 3.05) is 26.4 Å². The number of para-hydroxylation sites is 2. The van der Waals surface area contributed by atoms with Gasteiger partial charge in [-0.15, -0.1) is 0 Å². The van der Waals surface area contributed by atoms with Crippen LogP contribution < -0.4 is 9.05 Å². The van der Waals surface area contributed by atoms with Crippen molar-refractivity contribution in [3.05, 3.63) is 59.7 Å². The summed E-state index contributed by atoms with van der Waals surface area (Å²) in [7, 11) is -8.92. The average Bonchev–Trinajstić information content (AvgIpc) is 2.85. The lowest BCUT2D eigenvalue weighted by Gasteiger charge is -2.68. The van der Waals surface area contributed by atoms with Crippen LogP contribution in [-0.2, 0) is 37.2 Å². The van der Waals surface area contributed by atoms with Crippen molar-refractivity contribution in [3.63, 3.8) is 0 Å². The average molecular weight is 564 g/mol. The molecule has 1 fully saturated rings. The second-order valence-corrected chi connectivity index (χ2v) is 13.4. The zero-order valence-electron chi connectivity index (χ0n) is 21.6. The highest BCUT2D eigenvalue weighted by atomic mass is 31.2. The van der Waals surface area contributed by atoms with Crippen molar-refractivity contribution in [2.24, 2.45) is 0 Å². The van der Waals surface area contributed by atoms with E-state index >= 15 is 0 Å². The van der Waals surface area contributed by atoms with Crippen LogP contribution in [0.4, 0.5) is 0 Å². The van der Waals surface area contributed by atoms with Gasteiger partial charge in [0.15, 0.2) is 10.3 Å². The summed E-state index contributed by atoms with van der Waals surface area (Å²) in [5.41, 5.74) is 0.665. The Bertz CT molecular complexity index is 1260. The number of rotatable bonds is 8. The molecule has 10 nitrogen and oxygen atoms in total. The molecule has 2 aromatic carbocycles. The summed E-state index contributed by atoms with van der Waals surface area (Å²) in [5, 5.41) is -4.15. The maximum Gasteiger partial charge on any atom is 0.397 e. The van der Waals surface area contributed by atoms with E-state index in [9.17, 15) is 18.7 Å². The molecule has 3 aliphatic rings. The van der Waals surface area contributed by atoms with Crippen LogP contribution in [0.3, 0.4) is 0 Å². The van der Waals surface area contributed by atoms with Gasteiger partial charge in [0.2, 0.25) is 0 Å². The van der Waals surface area contributed by atoms with Crippen LogP contribution in [-0.4, -0.2) is 48.7 Å². The SMILES string of the molecule is CCOC(=O)C12C(c3ccccc3O[P@]1(=O)OCC)C1(C(=O)OCC)C2c2ccccc2O[P@@]1(=O)OCC. The summed E-state index contributed by atoms with van der Waals surface area (Å²) >= 11 is 0. The Kier molecular flexibility index (Phi) is 6.75. The largest absolute Gasteiger partial charge is 0.465 e. The van der Waals surface area contributed by atoms with Gasteiger partial charge in [-0.1, -0.05) is 36.4 Å². The van der Waals surface area contributed by atoms with Gasteiger partial charge >= 0.3 is 27.1 Å². The molecule has 38 heavy (non-hydrogen) atoms. The third-order valence-corrected chi connectivity index (χ3v) is 12.6. The fraction of sp³-hybridized carbons (Fsp3) is 0.462. The van der Waals surface area contributed by atoms with E-state index in [1.807, 2.05) is 0 Å². The number of esters is 2. The van der Waals surface area contributed by atoms with E-state index in [0.717, 1.165) is 0 Å². The molecule has 204 valence electrons. The summed E-state index contributed by atoms with van der Waals surface area (Å²) in [6.45, 7) is 6.28. The number of hydrogen-bond donors (Lipinski definition) is 0. The Hall–Kier alpha value is -2.64. The van der Waals surface area contributed by atoms with E-state index in [1.165, 1.54) is 0 Å². The standard InChI is InChI=1S/C26H30O10P2/c1-5-31-23(27)25-21(17-13-9-11-15-19(17)35-37(25,29)33-7-3)26(24(28)32-6-2)22(25)18-14-10-12-16-20(18)36-38(26,30)34-8-4/h9-16,21-22H,5-8H2,1-4H3/t21?,22?,25?,26?,37-,38+. The van der Waals surface area contributed by atoms with Crippen molar-refractivity contribution >= 4 is 27.1 Å². The first-order chi connectivity index (χ1) is 18.2. The molecule has 5 rings (SSSR count). The number of ether oxygens (including phenoxy) is 2. The van der Waals surface area contributed by atoms with Gasteiger partial charge in [-0.05, 0) is 39.8 Å². The molecule has 1 aliphatic carbocycles. The minimum absolute atomic E-state index is 0.0402. The van der Waals surface area contributed by atoms with Crippen molar-refractivity contribution in [1.29, 1.82) is 0 Å². The van der Waals surface area contributed by atoms with Crippen LogP contribution in [0.1, 0.15) is 50.7 Å². The smallest absolute Gasteiger partial charge is 0.397 e. The van der Waals surface area contributed by atoms with Crippen molar-refractivity contribution < 1.29 is 46.3 Å². The van der Waals surface area contributed by atoms with Gasteiger partial charge in [0.25, 0.3) is 0 Å². The first-order valence-electron chi connectivity index (χ1n) is 12.6. The van der Waals surface area contributed by atoms with E-state index in [2.05, 4.69) is 0 Å². The summed E-state index contributed by atoms with van der Waals surface area (Å²) in [5.74, 6) is -4.16. The Morgan fingerprint density at radius 2 is 1.05 bits per heavy atom. The Morgan fingerprint density at radius 1 is 0.684 bits per heavy atom. The van der Waals surface area contributed by atoms with Gasteiger partial charge in [0.1, 0.15) is 11.5 Å². The van der Waals surface area contributed by atoms with Crippen molar-refractivity contribution in [3.8, 4) is 11.5 Å². The molecular formula is C26H30O10P2. The minimum atomic E-state index is -4.46. The van der Waals surface area contributed by atoms with Crippen LogP contribution in [0.25, 0.3) is 0 Å². The van der Waals surface area contributed by atoms with Crippen molar-refractivity contribution in [2.45, 2.75) is 49.8 Å². The molecule has 2 heterocycles. The van der Waals surface area contributed by atoms with Gasteiger partial charge in [-0.2, -0.15) is 0 Å². The molecule has 4 unspecified atom stereocenters. The first kappa shape index (κ1) is 26.9. The maximum atomic E-state index is 14.9. The summed E-state index contributed by atoms with van der Waals surface area (Å²) in [6.07, 6.45) is 0. The van der Waals surface area contributed by atoms with Crippen LogP contribution in [0.5, 0.6) is 11.5 Å². The number of carbonyl (C=O) groups excluding carboxylic acids is 2. The quantitative estimate of drug-likeness (QED) is 0.303. The highest BCUT2D eigenvalue weighted by Crippen LogP contribution is 2.92. The zero-order valence-corrected chi connectivity index (χ0v) is 23.4. The molecule has 1 saturated carbocycles. The van der Waals surface area contributed by atoms with E-state index in [0.29, 0.717) is 11.1 Å². The van der Waals surface area contributed by atoms with E-state index in [1.54, 1.807) is 76.2 Å². The van der Waals surface area contributed by atoms with Gasteiger partial charge in [-0.3, -0.25) is 18.6 Å². The monoisotopic (exact) mass is 564 g/mol. The molecule has 0 N–H and O–H groups in total. The Balaban J connectivity index is 1.97. The second-order valence-electron chi connectivity index (χ2n) is 9.05. The van der Waals surface area contributed by atoms with Gasteiger partial charge in [0, 0.05) is 23.0 Å².